The first-order valence-corrected chi connectivity index (χ1v) is 14.5. The zero-order valence-electron chi connectivity index (χ0n) is 20.9. The summed E-state index contributed by atoms with van der Waals surface area (Å²) in [5.74, 6) is 0. The Morgan fingerprint density at radius 2 is 0.710 bits per heavy atom. The molecule has 0 saturated carbocycles. The molecule has 0 radical (unpaired) electrons. The van der Waals surface area contributed by atoms with Gasteiger partial charge in [-0.15, -0.1) is 0 Å². The molecule has 0 unspecified atom stereocenters. The minimum atomic E-state index is -5.84. The second-order valence-corrected chi connectivity index (χ2v) is 17.8. The van der Waals surface area contributed by atoms with Gasteiger partial charge in [-0.1, -0.05) is 105 Å². The summed E-state index contributed by atoms with van der Waals surface area (Å²) in [6, 6.07) is 0. The van der Waals surface area contributed by atoms with Gasteiger partial charge in [-0.25, -0.2) is 0 Å². The van der Waals surface area contributed by atoms with Gasteiger partial charge in [-0.05, 0) is 34.0 Å². The first kappa shape index (κ1) is 42.0. The van der Waals surface area contributed by atoms with Crippen molar-refractivity contribution in [3.63, 3.8) is 0 Å². The van der Waals surface area contributed by atoms with Crippen molar-refractivity contribution >= 4 is 26.0 Å². The van der Waals surface area contributed by atoms with E-state index in [-0.39, 0.29) is 35.6 Å². The zero-order valence-corrected chi connectivity index (χ0v) is 26.1. The summed E-state index contributed by atoms with van der Waals surface area (Å²) < 4.78 is 57.5. The number of nitrogens with one attached hydrogen (secondary N) is 1. The first-order valence-electron chi connectivity index (χ1n) is 9.97. The summed E-state index contributed by atoms with van der Waals surface area (Å²) in [6.45, 7) is 28.2. The average molecular weight is 692 g/mol. The molecular formula is C19H44F3NO4OsP2S. The standard InChI is InChI=1S/2C9H21P.CHF3O3S.HNO.Os/c2*1-7(2)10(8(3)4)9(5)6;2-1(3,4)8(5,6)7;1-2;/h2*7-9H,1-6H3;(H,5,6,7);1H;. The van der Waals surface area contributed by atoms with Gasteiger partial charge in [0.25, 0.3) is 0 Å². The van der Waals surface area contributed by atoms with Gasteiger partial charge in [0, 0.05) is 19.8 Å². The fraction of sp³-hybridized carbons (Fsp3) is 1.00. The third-order valence-electron chi connectivity index (χ3n) is 3.87. The Morgan fingerprint density at radius 3 is 0.710 bits per heavy atom. The molecule has 0 aliphatic heterocycles. The summed E-state index contributed by atoms with van der Waals surface area (Å²) in [4.78, 5) is 7.50. The average Bonchev–Trinajstić information content (AvgIpc) is 2.45. The summed E-state index contributed by atoms with van der Waals surface area (Å²) in [5.41, 5.74) is 4.35. The van der Waals surface area contributed by atoms with Gasteiger partial charge in [-0.2, -0.15) is 26.5 Å². The molecule has 0 amide bonds. The van der Waals surface area contributed by atoms with Gasteiger partial charge in [0.05, 0.1) is 0 Å². The van der Waals surface area contributed by atoms with E-state index in [1.807, 2.05) is 0 Å². The third-order valence-corrected chi connectivity index (χ3v) is 11.6. The maximum Gasteiger partial charge on any atom is 0.522 e. The Kier molecular flexibility index (Phi) is 27.4. The van der Waals surface area contributed by atoms with Gasteiger partial charge >= 0.3 is 15.6 Å². The Morgan fingerprint density at radius 1 is 0.613 bits per heavy atom. The Balaban J connectivity index is -0.000000104. The molecule has 0 heterocycles. The largest absolute Gasteiger partial charge is 0.522 e. The van der Waals surface area contributed by atoms with Gasteiger partial charge < -0.3 is 0 Å². The molecule has 5 nitrogen and oxygen atoms in total. The summed E-state index contributed by atoms with van der Waals surface area (Å²) in [7, 11) is -5.32. The number of hydrogen-bond acceptors (Lipinski definition) is 4. The molecule has 0 aromatic heterocycles. The van der Waals surface area contributed by atoms with Crippen LogP contribution in [0.3, 0.4) is 0 Å². The van der Waals surface area contributed by atoms with E-state index in [0.717, 1.165) is 34.0 Å². The summed E-state index contributed by atoms with van der Waals surface area (Å²) in [5, 5.41) is 0. The fourth-order valence-corrected chi connectivity index (χ4v) is 10.7. The molecule has 0 atom stereocenters. The van der Waals surface area contributed by atoms with Crippen molar-refractivity contribution in [2.24, 2.45) is 0 Å². The van der Waals surface area contributed by atoms with Crippen LogP contribution >= 0.6 is 15.8 Å². The van der Waals surface area contributed by atoms with Crippen molar-refractivity contribution in [2.45, 2.75) is 123 Å². The maximum absolute atomic E-state index is 10.7. The first-order chi connectivity index (χ1) is 13.2. The van der Waals surface area contributed by atoms with Crippen LogP contribution < -0.4 is 0 Å². The Hall–Kier alpha value is 0.796. The molecule has 0 aromatic carbocycles. The molecule has 0 aliphatic carbocycles. The van der Waals surface area contributed by atoms with Crippen LogP contribution in [0, 0.1) is 10.5 Å². The predicted molar refractivity (Wildman–Crippen MR) is 128 cm³/mol. The monoisotopic (exact) mass is 693 g/mol. The van der Waals surface area contributed by atoms with E-state index in [2.05, 4.69) is 88.7 Å². The minimum absolute atomic E-state index is 0. The number of hydrogen-bond donors (Lipinski definition) is 2. The van der Waals surface area contributed by atoms with Crippen molar-refractivity contribution in [3.8, 4) is 0 Å². The molecule has 31 heavy (non-hydrogen) atoms. The smallest absolute Gasteiger partial charge is 0.279 e. The summed E-state index contributed by atoms with van der Waals surface area (Å²) in [6.07, 6.45) is 0. The maximum atomic E-state index is 10.7. The van der Waals surface area contributed by atoms with E-state index in [4.69, 9.17) is 17.9 Å². The van der Waals surface area contributed by atoms with Crippen molar-refractivity contribution in [3.05, 3.63) is 4.91 Å². The second-order valence-electron chi connectivity index (χ2n) is 8.38. The molecule has 0 bridgehead atoms. The Labute approximate surface area is 204 Å². The van der Waals surface area contributed by atoms with Crippen LogP contribution in [-0.4, -0.2) is 52.4 Å². The predicted octanol–water partition coefficient (Wildman–Crippen LogP) is 8.11. The van der Waals surface area contributed by atoms with Crippen molar-refractivity contribution < 1.29 is 45.9 Å². The fourth-order valence-electron chi connectivity index (χ4n) is 3.58. The quantitative estimate of drug-likeness (QED) is 0.127. The van der Waals surface area contributed by atoms with Crippen LogP contribution in [0.4, 0.5) is 13.2 Å². The van der Waals surface area contributed by atoms with Crippen LogP contribution in [0.25, 0.3) is 0 Å². The number of rotatable bonds is 6. The van der Waals surface area contributed by atoms with Crippen LogP contribution in [-0.2, 0) is 29.9 Å². The van der Waals surface area contributed by atoms with Gasteiger partial charge in [0.15, 0.2) is 0 Å². The topological polar surface area (TPSA) is 95.3 Å². The molecule has 0 fully saturated rings. The molecular weight excluding hydrogens is 647 g/mol. The van der Waals surface area contributed by atoms with E-state index in [1.54, 1.807) is 0 Å². The molecule has 0 saturated heterocycles. The molecule has 0 aliphatic rings. The van der Waals surface area contributed by atoms with Crippen molar-refractivity contribution in [2.75, 3.05) is 0 Å². The van der Waals surface area contributed by atoms with E-state index in [1.165, 1.54) is 0 Å². The molecule has 194 valence electrons. The Bertz CT molecular complexity index is 457. The normalized spacial score (nSPS) is 11.9. The molecule has 0 spiro atoms. The second kappa shape index (κ2) is 20.2. The van der Waals surface area contributed by atoms with E-state index in [9.17, 15) is 13.2 Å². The number of alkyl halides is 3. The zero-order chi connectivity index (χ0) is 25.6. The van der Waals surface area contributed by atoms with Crippen molar-refractivity contribution in [1.82, 2.24) is 0 Å². The van der Waals surface area contributed by atoms with Crippen molar-refractivity contribution in [1.29, 1.82) is 5.59 Å². The van der Waals surface area contributed by atoms with E-state index < -0.39 is 15.6 Å². The van der Waals surface area contributed by atoms with E-state index >= 15 is 0 Å². The minimum Gasteiger partial charge on any atom is -0.279 e. The van der Waals surface area contributed by atoms with Crippen LogP contribution in [0.2, 0.25) is 0 Å². The van der Waals surface area contributed by atoms with Gasteiger partial charge in [-0.3, -0.25) is 4.55 Å². The number of nitroso groups, excluding NO2 is 1. The third kappa shape index (κ3) is 22.4. The SMILES string of the molecule is CC(C)P(C(C)C)C(C)C.CC(C)P(C(C)C)C(C)C.N=O.O=S(=O)(O)C(F)(F)F.[Os]. The number of halogens is 3. The van der Waals surface area contributed by atoms with E-state index in [0.29, 0.717) is 0 Å². The van der Waals surface area contributed by atoms with Crippen LogP contribution in [0.1, 0.15) is 83.1 Å². The summed E-state index contributed by atoms with van der Waals surface area (Å²) >= 11 is 0. The van der Waals surface area contributed by atoms with Gasteiger partial charge in [0.2, 0.25) is 0 Å². The van der Waals surface area contributed by atoms with Gasteiger partial charge in [0.1, 0.15) is 0 Å². The van der Waals surface area contributed by atoms with Crippen LogP contribution in [0.15, 0.2) is 0 Å². The van der Waals surface area contributed by atoms with Crippen LogP contribution in [0.5, 0.6) is 0 Å². The molecule has 2 N–H and O–H groups in total. The molecule has 0 rings (SSSR count). The molecule has 0 aromatic rings. The molecule has 12 heteroatoms.